The number of nitrogens with zero attached hydrogens (tertiary/aromatic N) is 4. The fourth-order valence-electron chi connectivity index (χ4n) is 2.20. The minimum Gasteiger partial charge on any atom is -0.216 e. The zero-order valence-electron chi connectivity index (χ0n) is 11.1. The molecule has 0 unspecified atom stereocenters. The van der Waals surface area contributed by atoms with Crippen molar-refractivity contribution in [1.29, 1.82) is 5.26 Å². The van der Waals surface area contributed by atoms with E-state index in [4.69, 9.17) is 0 Å². The molecule has 0 bridgehead atoms. The van der Waals surface area contributed by atoms with Crippen LogP contribution in [0.3, 0.4) is 0 Å². The molecule has 98 valence electrons. The lowest BCUT2D eigenvalue weighted by Gasteiger charge is -2.02. The summed E-state index contributed by atoms with van der Waals surface area (Å²) in [5.74, 6) is 0.178. The van der Waals surface area contributed by atoms with Crippen molar-refractivity contribution in [3.05, 3.63) is 53.0 Å². The van der Waals surface area contributed by atoms with Crippen LogP contribution in [0.5, 0.6) is 0 Å². The first-order valence-corrected chi connectivity index (χ1v) is 6.13. The van der Waals surface area contributed by atoms with Crippen molar-refractivity contribution in [3.63, 3.8) is 0 Å². The van der Waals surface area contributed by atoms with Gasteiger partial charge in [-0.05, 0) is 49.7 Å². The number of pyridine rings is 1. The molecule has 0 radical (unpaired) electrons. The van der Waals surface area contributed by atoms with Crippen LogP contribution in [0.1, 0.15) is 16.8 Å². The van der Waals surface area contributed by atoms with E-state index in [0.29, 0.717) is 17.0 Å². The first-order valence-electron chi connectivity index (χ1n) is 6.13. The van der Waals surface area contributed by atoms with Crippen LogP contribution in [-0.2, 0) is 0 Å². The van der Waals surface area contributed by atoms with E-state index in [0.717, 1.165) is 16.8 Å². The molecule has 0 spiro atoms. The summed E-state index contributed by atoms with van der Waals surface area (Å²) in [5.41, 5.74) is 3.53. The quantitative estimate of drug-likeness (QED) is 0.680. The van der Waals surface area contributed by atoms with Gasteiger partial charge < -0.3 is 0 Å². The van der Waals surface area contributed by atoms with Crippen molar-refractivity contribution in [2.75, 3.05) is 0 Å². The first kappa shape index (κ1) is 12.3. The van der Waals surface area contributed by atoms with Crippen LogP contribution in [0.2, 0.25) is 0 Å². The average Bonchev–Trinajstić information content (AvgIpc) is 2.85. The maximum Gasteiger partial charge on any atom is 0.182 e. The van der Waals surface area contributed by atoms with Gasteiger partial charge in [-0.1, -0.05) is 0 Å². The molecule has 1 aromatic carbocycles. The summed E-state index contributed by atoms with van der Waals surface area (Å²) in [7, 11) is 0. The van der Waals surface area contributed by atoms with Gasteiger partial charge in [-0.25, -0.2) is 13.9 Å². The molecule has 20 heavy (non-hydrogen) atoms. The predicted octanol–water partition coefficient (Wildman–Crippen LogP) is 3.02. The number of fused-ring (bicyclic) bond motifs is 1. The number of hydrogen-bond donors (Lipinski definition) is 0. The molecule has 0 saturated carbocycles. The van der Waals surface area contributed by atoms with Gasteiger partial charge in [-0.15, -0.1) is 5.10 Å². The van der Waals surface area contributed by atoms with E-state index in [2.05, 4.69) is 16.2 Å². The number of nitriles is 1. The molecule has 3 aromatic rings. The molecular formula is C15H11FN4. The van der Waals surface area contributed by atoms with Crippen LogP contribution in [-0.4, -0.2) is 14.6 Å². The van der Waals surface area contributed by atoms with E-state index < -0.39 is 0 Å². The van der Waals surface area contributed by atoms with Gasteiger partial charge >= 0.3 is 0 Å². The molecule has 0 atom stereocenters. The molecule has 0 saturated heterocycles. The highest BCUT2D eigenvalue weighted by molar-refractivity contribution is 5.64. The van der Waals surface area contributed by atoms with Gasteiger partial charge in [0.25, 0.3) is 0 Å². The molecule has 0 aliphatic heterocycles. The van der Waals surface area contributed by atoms with Crippen LogP contribution < -0.4 is 0 Å². The van der Waals surface area contributed by atoms with Gasteiger partial charge in [-0.3, -0.25) is 0 Å². The summed E-state index contributed by atoms with van der Waals surface area (Å²) in [6.45, 7) is 3.78. The number of benzene rings is 1. The third-order valence-electron chi connectivity index (χ3n) is 3.20. The van der Waals surface area contributed by atoms with Gasteiger partial charge in [0, 0.05) is 11.3 Å². The molecule has 0 fully saturated rings. The lowest BCUT2D eigenvalue weighted by atomic mass is 10.1. The third-order valence-corrected chi connectivity index (χ3v) is 3.20. The van der Waals surface area contributed by atoms with Crippen LogP contribution in [0.25, 0.3) is 17.0 Å². The molecule has 5 heteroatoms. The van der Waals surface area contributed by atoms with E-state index >= 15 is 0 Å². The van der Waals surface area contributed by atoms with Crippen LogP contribution >= 0.6 is 0 Å². The average molecular weight is 266 g/mol. The Labute approximate surface area is 115 Å². The Kier molecular flexibility index (Phi) is 2.72. The summed E-state index contributed by atoms with van der Waals surface area (Å²) in [6.07, 6.45) is 0. The van der Waals surface area contributed by atoms with Gasteiger partial charge in [0.2, 0.25) is 0 Å². The van der Waals surface area contributed by atoms with Crippen LogP contribution in [0.4, 0.5) is 4.39 Å². The highest BCUT2D eigenvalue weighted by Crippen LogP contribution is 2.21. The first-order chi connectivity index (χ1) is 9.60. The Morgan fingerprint density at radius 3 is 2.55 bits per heavy atom. The topological polar surface area (TPSA) is 54.0 Å². The third kappa shape index (κ3) is 1.82. The fraction of sp³-hybridized carbons (Fsp3) is 0.133. The summed E-state index contributed by atoms with van der Waals surface area (Å²) in [5, 5.41) is 13.6. The monoisotopic (exact) mass is 266 g/mol. The van der Waals surface area contributed by atoms with Gasteiger partial charge in [0.05, 0.1) is 5.56 Å². The molecule has 0 amide bonds. The molecule has 0 aliphatic carbocycles. The second-order valence-electron chi connectivity index (χ2n) is 4.63. The van der Waals surface area contributed by atoms with Gasteiger partial charge in [-0.2, -0.15) is 5.26 Å². The largest absolute Gasteiger partial charge is 0.216 e. The smallest absolute Gasteiger partial charge is 0.182 e. The summed E-state index contributed by atoms with van der Waals surface area (Å²) < 4.78 is 14.6. The van der Waals surface area contributed by atoms with Crippen molar-refractivity contribution < 1.29 is 4.39 Å². The zero-order valence-corrected chi connectivity index (χ0v) is 11.1. The Balaban J connectivity index is 2.28. The molecule has 0 aliphatic rings. The standard InChI is InChI=1S/C15H11FN4/c1-9-7-10(2)20-15(13(9)8-17)18-14(19-20)11-3-5-12(16)6-4-11/h3-7H,1-2H3. The SMILES string of the molecule is Cc1cc(C)n2nc(-c3ccc(F)cc3)nc2c1C#N. The second kappa shape index (κ2) is 4.42. The van der Waals surface area contributed by atoms with Crippen molar-refractivity contribution in [2.45, 2.75) is 13.8 Å². The van der Waals surface area contributed by atoms with Crippen molar-refractivity contribution >= 4 is 5.65 Å². The summed E-state index contributed by atoms with van der Waals surface area (Å²) >= 11 is 0. The summed E-state index contributed by atoms with van der Waals surface area (Å²) in [4.78, 5) is 4.41. The number of rotatable bonds is 1. The van der Waals surface area contributed by atoms with Crippen molar-refractivity contribution in [3.8, 4) is 17.5 Å². The lowest BCUT2D eigenvalue weighted by Crippen LogP contribution is -1.98. The molecule has 2 heterocycles. The molecule has 4 nitrogen and oxygen atoms in total. The molecular weight excluding hydrogens is 255 g/mol. The molecule has 3 rings (SSSR count). The number of hydrogen-bond acceptors (Lipinski definition) is 3. The van der Waals surface area contributed by atoms with E-state index in [1.165, 1.54) is 12.1 Å². The number of aryl methyl sites for hydroxylation is 2. The van der Waals surface area contributed by atoms with Gasteiger partial charge in [0.15, 0.2) is 11.5 Å². The number of halogens is 1. The number of aromatic nitrogens is 3. The molecule has 0 N–H and O–H groups in total. The van der Waals surface area contributed by atoms with Crippen LogP contribution in [0.15, 0.2) is 30.3 Å². The van der Waals surface area contributed by atoms with E-state index in [1.54, 1.807) is 16.6 Å². The highest BCUT2D eigenvalue weighted by Gasteiger charge is 2.13. The van der Waals surface area contributed by atoms with E-state index in [-0.39, 0.29) is 5.82 Å². The Morgan fingerprint density at radius 2 is 1.90 bits per heavy atom. The van der Waals surface area contributed by atoms with E-state index in [1.807, 2.05) is 19.9 Å². The summed E-state index contributed by atoms with van der Waals surface area (Å²) in [6, 6.07) is 10.0. The van der Waals surface area contributed by atoms with Crippen molar-refractivity contribution in [2.24, 2.45) is 0 Å². The maximum atomic E-state index is 13.0. The van der Waals surface area contributed by atoms with Crippen molar-refractivity contribution in [1.82, 2.24) is 14.6 Å². The predicted molar refractivity (Wildman–Crippen MR) is 72.6 cm³/mol. The fourth-order valence-corrected chi connectivity index (χ4v) is 2.20. The Hall–Kier alpha value is -2.74. The zero-order chi connectivity index (χ0) is 14.3. The normalized spacial score (nSPS) is 10.7. The highest BCUT2D eigenvalue weighted by atomic mass is 19.1. The lowest BCUT2D eigenvalue weighted by molar-refractivity contribution is 0.628. The minimum atomic E-state index is -0.303. The Bertz CT molecular complexity index is 841. The van der Waals surface area contributed by atoms with Crippen LogP contribution in [0, 0.1) is 31.0 Å². The second-order valence-corrected chi connectivity index (χ2v) is 4.63. The minimum absolute atomic E-state index is 0.303. The van der Waals surface area contributed by atoms with Gasteiger partial charge in [0.1, 0.15) is 11.9 Å². The Morgan fingerprint density at radius 1 is 1.20 bits per heavy atom. The van der Waals surface area contributed by atoms with E-state index in [9.17, 15) is 9.65 Å². The molecule has 2 aromatic heterocycles. The maximum absolute atomic E-state index is 13.0.